The van der Waals surface area contributed by atoms with Crippen molar-refractivity contribution in [3.05, 3.63) is 87.0 Å². The Bertz CT molecular complexity index is 1120. The Kier molecular flexibility index (Phi) is 4.07. The summed E-state index contributed by atoms with van der Waals surface area (Å²) in [5.41, 5.74) is 1.81. The maximum atomic E-state index is 12.6. The molecule has 4 rings (SSSR count). The van der Waals surface area contributed by atoms with Crippen LogP contribution in [0.4, 0.5) is 0 Å². The maximum Gasteiger partial charge on any atom is 0.193 e. The lowest BCUT2D eigenvalue weighted by Crippen LogP contribution is -2.04. The summed E-state index contributed by atoms with van der Waals surface area (Å²) >= 11 is 12.4. The number of nitrogens with zero attached hydrogens (tertiary/aromatic N) is 2. The van der Waals surface area contributed by atoms with E-state index in [2.05, 4.69) is 4.98 Å². The molecule has 6 heteroatoms. The third kappa shape index (κ3) is 3.06. The SMILES string of the molecule is O=c1cc(-c2ccccc2Cl)oc2c(Cn3ccnc3)cc(Cl)cc12. The number of benzene rings is 2. The van der Waals surface area contributed by atoms with E-state index in [1.807, 2.05) is 29.0 Å². The summed E-state index contributed by atoms with van der Waals surface area (Å²) in [7, 11) is 0. The van der Waals surface area contributed by atoms with Crippen LogP contribution in [0.15, 0.2) is 70.4 Å². The van der Waals surface area contributed by atoms with Gasteiger partial charge in [-0.2, -0.15) is 0 Å². The van der Waals surface area contributed by atoms with Gasteiger partial charge < -0.3 is 8.98 Å². The monoisotopic (exact) mass is 370 g/mol. The first-order valence-electron chi connectivity index (χ1n) is 7.59. The molecule has 4 aromatic rings. The molecule has 0 radical (unpaired) electrons. The van der Waals surface area contributed by atoms with Gasteiger partial charge in [0, 0.05) is 34.6 Å². The van der Waals surface area contributed by atoms with E-state index in [4.69, 9.17) is 27.6 Å². The number of fused-ring (bicyclic) bond motifs is 1. The highest BCUT2D eigenvalue weighted by Gasteiger charge is 2.14. The molecule has 4 nitrogen and oxygen atoms in total. The van der Waals surface area contributed by atoms with E-state index in [9.17, 15) is 4.79 Å². The van der Waals surface area contributed by atoms with Gasteiger partial charge in [0.25, 0.3) is 0 Å². The zero-order valence-electron chi connectivity index (χ0n) is 12.9. The Morgan fingerprint density at radius 1 is 1.12 bits per heavy atom. The summed E-state index contributed by atoms with van der Waals surface area (Å²) in [6, 6.07) is 12.1. The molecule has 0 N–H and O–H groups in total. The summed E-state index contributed by atoms with van der Waals surface area (Å²) < 4.78 is 7.95. The van der Waals surface area contributed by atoms with Crippen molar-refractivity contribution in [1.82, 2.24) is 9.55 Å². The first-order chi connectivity index (χ1) is 12.1. The van der Waals surface area contributed by atoms with Crippen LogP contribution in [0, 0.1) is 0 Å². The van der Waals surface area contributed by atoms with Crippen molar-refractivity contribution in [2.75, 3.05) is 0 Å². The normalized spacial score (nSPS) is 11.1. The zero-order chi connectivity index (χ0) is 17.4. The van der Waals surface area contributed by atoms with Gasteiger partial charge in [-0.1, -0.05) is 35.3 Å². The van der Waals surface area contributed by atoms with Gasteiger partial charge in [0.15, 0.2) is 5.43 Å². The van der Waals surface area contributed by atoms with E-state index in [0.29, 0.717) is 38.9 Å². The highest BCUT2D eigenvalue weighted by molar-refractivity contribution is 6.33. The lowest BCUT2D eigenvalue weighted by atomic mass is 10.1. The van der Waals surface area contributed by atoms with Crippen molar-refractivity contribution in [1.29, 1.82) is 0 Å². The van der Waals surface area contributed by atoms with Crippen LogP contribution in [0.5, 0.6) is 0 Å². The van der Waals surface area contributed by atoms with Crippen molar-refractivity contribution in [2.24, 2.45) is 0 Å². The first-order valence-corrected chi connectivity index (χ1v) is 8.34. The van der Waals surface area contributed by atoms with Crippen LogP contribution in [-0.2, 0) is 6.54 Å². The quantitative estimate of drug-likeness (QED) is 0.509. The first kappa shape index (κ1) is 15.9. The van der Waals surface area contributed by atoms with Crippen molar-refractivity contribution in [2.45, 2.75) is 6.54 Å². The van der Waals surface area contributed by atoms with Gasteiger partial charge in [0.1, 0.15) is 11.3 Å². The van der Waals surface area contributed by atoms with Gasteiger partial charge in [-0.15, -0.1) is 0 Å². The summed E-state index contributed by atoms with van der Waals surface area (Å²) in [5, 5.41) is 1.45. The number of aromatic nitrogens is 2. The van der Waals surface area contributed by atoms with Crippen molar-refractivity contribution in [3.63, 3.8) is 0 Å². The van der Waals surface area contributed by atoms with Gasteiger partial charge in [0.2, 0.25) is 0 Å². The van der Waals surface area contributed by atoms with Crippen molar-refractivity contribution < 1.29 is 4.42 Å². The number of halogens is 2. The van der Waals surface area contributed by atoms with Crippen LogP contribution in [-0.4, -0.2) is 9.55 Å². The largest absolute Gasteiger partial charge is 0.455 e. The van der Waals surface area contributed by atoms with E-state index >= 15 is 0 Å². The van der Waals surface area contributed by atoms with Gasteiger partial charge in [-0.3, -0.25) is 4.79 Å². The van der Waals surface area contributed by atoms with Crippen molar-refractivity contribution in [3.8, 4) is 11.3 Å². The van der Waals surface area contributed by atoms with Crippen LogP contribution < -0.4 is 5.43 Å². The third-order valence-electron chi connectivity index (χ3n) is 3.92. The molecule has 2 aromatic heterocycles. The fraction of sp³-hybridized carbons (Fsp3) is 0.0526. The number of hydrogen-bond acceptors (Lipinski definition) is 3. The number of imidazole rings is 1. The third-order valence-corrected chi connectivity index (χ3v) is 4.47. The van der Waals surface area contributed by atoms with Crippen LogP contribution in [0.25, 0.3) is 22.3 Å². The number of hydrogen-bond donors (Lipinski definition) is 0. The van der Waals surface area contributed by atoms with Crippen LogP contribution in [0.3, 0.4) is 0 Å². The fourth-order valence-corrected chi connectivity index (χ4v) is 3.25. The van der Waals surface area contributed by atoms with E-state index in [-0.39, 0.29) is 5.43 Å². The van der Waals surface area contributed by atoms with E-state index in [0.717, 1.165) is 5.56 Å². The van der Waals surface area contributed by atoms with Gasteiger partial charge in [0.05, 0.1) is 23.3 Å². The molecule has 2 aromatic carbocycles. The number of rotatable bonds is 3. The predicted molar refractivity (Wildman–Crippen MR) is 99.3 cm³/mol. The summed E-state index contributed by atoms with van der Waals surface area (Å²) in [4.78, 5) is 16.6. The van der Waals surface area contributed by atoms with E-state index in [1.54, 1.807) is 30.7 Å². The molecule has 0 aliphatic carbocycles. The second kappa shape index (κ2) is 6.39. The van der Waals surface area contributed by atoms with Crippen LogP contribution >= 0.6 is 23.2 Å². The Labute approximate surface area is 153 Å². The standard InChI is InChI=1S/C19H12Cl2N2O2/c20-13-7-12(10-23-6-5-22-11-23)19-15(8-13)17(24)9-18(25-19)14-3-1-2-4-16(14)21/h1-9,11H,10H2. The van der Waals surface area contributed by atoms with E-state index < -0.39 is 0 Å². The van der Waals surface area contributed by atoms with Gasteiger partial charge >= 0.3 is 0 Å². The lowest BCUT2D eigenvalue weighted by molar-refractivity contribution is 0.610. The molecular formula is C19H12Cl2N2O2. The van der Waals surface area contributed by atoms with Gasteiger partial charge in [-0.25, -0.2) is 4.98 Å². The highest BCUT2D eigenvalue weighted by atomic mass is 35.5. The molecule has 0 saturated heterocycles. The molecule has 25 heavy (non-hydrogen) atoms. The van der Waals surface area contributed by atoms with Crippen LogP contribution in [0.1, 0.15) is 5.56 Å². The minimum Gasteiger partial charge on any atom is -0.455 e. The summed E-state index contributed by atoms with van der Waals surface area (Å²) in [6.07, 6.45) is 5.23. The Balaban J connectivity index is 1.96. The zero-order valence-corrected chi connectivity index (χ0v) is 14.5. The average molecular weight is 371 g/mol. The second-order valence-electron chi connectivity index (χ2n) is 5.63. The van der Waals surface area contributed by atoms with Crippen LogP contribution in [0.2, 0.25) is 10.0 Å². The lowest BCUT2D eigenvalue weighted by Gasteiger charge is -2.10. The molecule has 0 amide bonds. The Morgan fingerprint density at radius 2 is 1.96 bits per heavy atom. The average Bonchev–Trinajstić information content (AvgIpc) is 3.09. The molecule has 0 fully saturated rings. The highest BCUT2D eigenvalue weighted by Crippen LogP contribution is 2.31. The smallest absolute Gasteiger partial charge is 0.193 e. The molecule has 2 heterocycles. The molecule has 0 aliphatic rings. The minimum atomic E-state index is -0.162. The van der Waals surface area contributed by atoms with E-state index in [1.165, 1.54) is 6.07 Å². The fourth-order valence-electron chi connectivity index (χ4n) is 2.78. The second-order valence-corrected chi connectivity index (χ2v) is 6.47. The molecule has 0 unspecified atom stereocenters. The Morgan fingerprint density at radius 3 is 2.72 bits per heavy atom. The van der Waals surface area contributed by atoms with Crippen molar-refractivity contribution >= 4 is 34.2 Å². The van der Waals surface area contributed by atoms with Gasteiger partial charge in [-0.05, 0) is 24.3 Å². The molecule has 0 aliphatic heterocycles. The molecule has 0 saturated carbocycles. The predicted octanol–water partition coefficient (Wildman–Crippen LogP) is 5.01. The molecule has 0 atom stereocenters. The Hall–Kier alpha value is -2.56. The molecule has 124 valence electrons. The maximum absolute atomic E-state index is 12.6. The summed E-state index contributed by atoms with van der Waals surface area (Å²) in [5.74, 6) is 0.428. The molecule has 0 spiro atoms. The minimum absolute atomic E-state index is 0.162. The topological polar surface area (TPSA) is 48.0 Å². The molecular weight excluding hydrogens is 359 g/mol. The molecule has 0 bridgehead atoms. The summed E-state index contributed by atoms with van der Waals surface area (Å²) in [6.45, 7) is 0.492.